The van der Waals surface area contributed by atoms with Crippen molar-refractivity contribution in [2.24, 2.45) is 0 Å². The Hall–Kier alpha value is -4.08. The van der Waals surface area contributed by atoms with Gasteiger partial charge in [-0.25, -0.2) is 0 Å². The molecule has 161 valence electrons. The maximum absolute atomic E-state index is 9.08. The average molecular weight is 437 g/mol. The minimum Gasteiger partial charge on any atom is -0.537 e. The van der Waals surface area contributed by atoms with E-state index in [0.717, 1.165) is 11.1 Å². The molecular formula is C31H22BO2. The van der Waals surface area contributed by atoms with Crippen molar-refractivity contribution in [3.05, 3.63) is 150 Å². The molecular weight excluding hydrogens is 415 g/mol. The van der Waals surface area contributed by atoms with E-state index in [4.69, 9.17) is 9.68 Å². The zero-order valence-electron chi connectivity index (χ0n) is 18.6. The van der Waals surface area contributed by atoms with Crippen LogP contribution in [0.15, 0.2) is 127 Å². The number of hydrogen-bond donors (Lipinski definition) is 1. The van der Waals surface area contributed by atoms with Crippen molar-refractivity contribution >= 4 is 7.69 Å². The van der Waals surface area contributed by atoms with Crippen LogP contribution >= 0.6 is 0 Å². The van der Waals surface area contributed by atoms with Gasteiger partial charge in [0, 0.05) is 0 Å². The third-order valence-electron chi connectivity index (χ3n) is 6.81. The highest BCUT2D eigenvalue weighted by Crippen LogP contribution is 2.56. The zero-order valence-corrected chi connectivity index (χ0v) is 18.6. The van der Waals surface area contributed by atoms with Crippen molar-refractivity contribution in [1.29, 1.82) is 0 Å². The second kappa shape index (κ2) is 8.37. The van der Waals surface area contributed by atoms with Crippen LogP contribution in [0.5, 0.6) is 5.75 Å². The molecule has 0 aliphatic heterocycles. The summed E-state index contributed by atoms with van der Waals surface area (Å²) in [5.74, 6) is 0.598. The van der Waals surface area contributed by atoms with Gasteiger partial charge in [-0.1, -0.05) is 109 Å². The molecule has 0 saturated heterocycles. The standard InChI is InChI=1S/C31H22BO2/c33-32-34-26-15-9-10-22(20-26)23-18-19-28-27-16-7-8-17-29(27)31(30(28)21-23,24-11-3-1-4-12-24)25-13-5-2-6-14-25/h1-21,33H. The molecule has 34 heavy (non-hydrogen) atoms. The van der Waals surface area contributed by atoms with Gasteiger partial charge in [0.05, 0.1) is 5.41 Å². The molecule has 0 heterocycles. The molecule has 0 fully saturated rings. The van der Waals surface area contributed by atoms with E-state index >= 15 is 0 Å². The van der Waals surface area contributed by atoms with Gasteiger partial charge in [0.25, 0.3) is 0 Å². The molecule has 0 saturated carbocycles. The molecule has 1 radical (unpaired) electrons. The van der Waals surface area contributed by atoms with Crippen LogP contribution in [0, 0.1) is 0 Å². The normalized spacial score (nSPS) is 13.1. The Morgan fingerprint density at radius 3 is 1.85 bits per heavy atom. The Morgan fingerprint density at radius 1 is 0.529 bits per heavy atom. The maximum atomic E-state index is 9.08. The third-order valence-corrected chi connectivity index (χ3v) is 6.81. The molecule has 0 bridgehead atoms. The zero-order chi connectivity index (χ0) is 23.0. The number of fused-ring (bicyclic) bond motifs is 3. The largest absolute Gasteiger partial charge is 0.569 e. The highest BCUT2D eigenvalue weighted by Gasteiger charge is 2.45. The molecule has 2 nitrogen and oxygen atoms in total. The topological polar surface area (TPSA) is 29.5 Å². The molecule has 3 heteroatoms. The Bertz CT molecular complexity index is 1420. The van der Waals surface area contributed by atoms with E-state index in [9.17, 15) is 0 Å². The van der Waals surface area contributed by atoms with Gasteiger partial charge >= 0.3 is 7.69 Å². The van der Waals surface area contributed by atoms with Crippen LogP contribution in [-0.4, -0.2) is 12.7 Å². The smallest absolute Gasteiger partial charge is 0.537 e. The van der Waals surface area contributed by atoms with Gasteiger partial charge in [-0.05, 0) is 62.7 Å². The van der Waals surface area contributed by atoms with E-state index in [2.05, 4.69) is 109 Å². The molecule has 6 rings (SSSR count). The number of hydrogen-bond acceptors (Lipinski definition) is 2. The van der Waals surface area contributed by atoms with Crippen molar-refractivity contribution in [2.75, 3.05) is 0 Å². The maximum Gasteiger partial charge on any atom is 0.569 e. The molecule has 5 aromatic rings. The number of benzene rings is 5. The summed E-state index contributed by atoms with van der Waals surface area (Å²) in [7, 11) is 0.717. The molecule has 1 aliphatic carbocycles. The first kappa shape index (κ1) is 20.5. The van der Waals surface area contributed by atoms with E-state index in [1.165, 1.54) is 33.4 Å². The van der Waals surface area contributed by atoms with Crippen LogP contribution in [0.2, 0.25) is 0 Å². The van der Waals surface area contributed by atoms with Gasteiger partial charge < -0.3 is 9.68 Å². The summed E-state index contributed by atoms with van der Waals surface area (Å²) in [6.45, 7) is 0. The van der Waals surface area contributed by atoms with Crippen molar-refractivity contribution < 1.29 is 9.68 Å². The summed E-state index contributed by atoms with van der Waals surface area (Å²) < 4.78 is 5.22. The van der Waals surface area contributed by atoms with Gasteiger partial charge in [-0.3, -0.25) is 0 Å². The minimum absolute atomic E-state index is 0.419. The van der Waals surface area contributed by atoms with Gasteiger partial charge in [0.2, 0.25) is 0 Å². The summed E-state index contributed by atoms with van der Waals surface area (Å²) in [5.41, 5.74) is 9.30. The van der Waals surface area contributed by atoms with E-state index < -0.39 is 5.41 Å². The lowest BCUT2D eigenvalue weighted by Gasteiger charge is -2.34. The van der Waals surface area contributed by atoms with Gasteiger partial charge in [0.1, 0.15) is 5.75 Å². The summed E-state index contributed by atoms with van der Waals surface area (Å²) in [5, 5.41) is 9.08. The summed E-state index contributed by atoms with van der Waals surface area (Å²) in [6.07, 6.45) is 0. The lowest BCUT2D eigenvalue weighted by Crippen LogP contribution is -2.28. The van der Waals surface area contributed by atoms with Gasteiger partial charge in [0.15, 0.2) is 0 Å². The van der Waals surface area contributed by atoms with Crippen LogP contribution in [0.3, 0.4) is 0 Å². The molecule has 0 atom stereocenters. The third kappa shape index (κ3) is 3.09. The van der Waals surface area contributed by atoms with E-state index in [1.54, 1.807) is 0 Å². The lowest BCUT2D eigenvalue weighted by molar-refractivity contribution is 0.454. The van der Waals surface area contributed by atoms with Crippen molar-refractivity contribution in [2.45, 2.75) is 5.41 Å². The SMILES string of the molecule is O[B]Oc1cccc(-c2ccc3c(c2)C(c2ccccc2)(c2ccccc2)c2ccccc2-3)c1. The van der Waals surface area contributed by atoms with E-state index in [0.29, 0.717) is 13.4 Å². The molecule has 5 aromatic carbocycles. The van der Waals surface area contributed by atoms with Crippen LogP contribution in [0.1, 0.15) is 22.3 Å². The second-order valence-electron chi connectivity index (χ2n) is 8.54. The van der Waals surface area contributed by atoms with Crippen molar-refractivity contribution in [3.8, 4) is 28.0 Å². The predicted octanol–water partition coefficient (Wildman–Crippen LogP) is 6.62. The molecule has 0 amide bonds. The van der Waals surface area contributed by atoms with Crippen LogP contribution in [0.4, 0.5) is 0 Å². The molecule has 0 spiro atoms. The molecule has 0 aromatic heterocycles. The second-order valence-corrected chi connectivity index (χ2v) is 8.54. The minimum atomic E-state index is -0.419. The first-order valence-corrected chi connectivity index (χ1v) is 11.4. The first-order valence-electron chi connectivity index (χ1n) is 11.4. The van der Waals surface area contributed by atoms with Crippen molar-refractivity contribution in [1.82, 2.24) is 0 Å². The Kier molecular flexibility index (Phi) is 5.05. The fourth-order valence-corrected chi connectivity index (χ4v) is 5.43. The summed E-state index contributed by atoms with van der Waals surface area (Å²) in [6, 6.07) is 44.8. The molecule has 1 N–H and O–H groups in total. The highest BCUT2D eigenvalue weighted by atomic mass is 16.5. The van der Waals surface area contributed by atoms with Gasteiger partial charge in [-0.15, -0.1) is 0 Å². The Labute approximate surface area is 200 Å². The Balaban J connectivity index is 1.67. The van der Waals surface area contributed by atoms with Gasteiger partial charge in [-0.2, -0.15) is 0 Å². The van der Waals surface area contributed by atoms with Crippen LogP contribution in [-0.2, 0) is 5.41 Å². The highest BCUT2D eigenvalue weighted by molar-refractivity contribution is 6.17. The lowest BCUT2D eigenvalue weighted by atomic mass is 9.67. The number of rotatable bonds is 5. The summed E-state index contributed by atoms with van der Waals surface area (Å²) in [4.78, 5) is 0. The quantitative estimate of drug-likeness (QED) is 0.307. The Morgan fingerprint density at radius 2 is 1.15 bits per heavy atom. The van der Waals surface area contributed by atoms with Crippen molar-refractivity contribution in [3.63, 3.8) is 0 Å². The van der Waals surface area contributed by atoms with E-state index in [1.807, 2.05) is 18.2 Å². The first-order chi connectivity index (χ1) is 16.8. The average Bonchev–Trinajstić information content (AvgIpc) is 3.21. The monoisotopic (exact) mass is 437 g/mol. The molecule has 0 unspecified atom stereocenters. The van der Waals surface area contributed by atoms with Crippen LogP contribution < -0.4 is 4.65 Å². The van der Waals surface area contributed by atoms with Crippen LogP contribution in [0.25, 0.3) is 22.3 Å². The molecule has 1 aliphatic rings. The summed E-state index contributed by atoms with van der Waals surface area (Å²) >= 11 is 0. The fraction of sp³-hybridized carbons (Fsp3) is 0.0323. The predicted molar refractivity (Wildman–Crippen MR) is 138 cm³/mol. The van der Waals surface area contributed by atoms with E-state index in [-0.39, 0.29) is 0 Å². The fourth-order valence-electron chi connectivity index (χ4n) is 5.43.